The zero-order chi connectivity index (χ0) is 15.5. The van der Waals surface area contributed by atoms with Crippen molar-refractivity contribution in [1.29, 1.82) is 0 Å². The van der Waals surface area contributed by atoms with Gasteiger partial charge >= 0.3 is 0 Å². The van der Waals surface area contributed by atoms with Crippen LogP contribution in [-0.4, -0.2) is 15.5 Å². The molecule has 0 aromatic heterocycles. The normalized spacial score (nSPS) is 11.4. The first-order valence-electron chi connectivity index (χ1n) is 6.63. The Morgan fingerprint density at radius 2 is 1.67 bits per heavy atom. The predicted octanol–water partition coefficient (Wildman–Crippen LogP) is 2.79. The van der Waals surface area contributed by atoms with Gasteiger partial charge in [-0.15, -0.1) is 0 Å². The van der Waals surface area contributed by atoms with E-state index in [9.17, 15) is 8.42 Å². The van der Waals surface area contributed by atoms with Gasteiger partial charge in [-0.2, -0.15) is 0 Å². The molecule has 2 aromatic carbocycles. The molecule has 2 rings (SSSR count). The third-order valence-corrected chi connectivity index (χ3v) is 4.99. The number of sulfonamides is 1. The highest BCUT2D eigenvalue weighted by Crippen LogP contribution is 2.24. The fourth-order valence-corrected chi connectivity index (χ4v) is 3.15. The Kier molecular flexibility index (Phi) is 4.65. The van der Waals surface area contributed by atoms with Crippen molar-refractivity contribution in [2.24, 2.45) is 0 Å². The summed E-state index contributed by atoms with van der Waals surface area (Å²) in [5, 5.41) is 0. The number of rotatable bonds is 5. The van der Waals surface area contributed by atoms with Crippen LogP contribution in [-0.2, 0) is 16.6 Å². The van der Waals surface area contributed by atoms with E-state index in [2.05, 4.69) is 4.72 Å². The largest absolute Gasteiger partial charge is 0.496 e. The molecule has 0 saturated carbocycles. The maximum Gasteiger partial charge on any atom is 0.240 e. The molecule has 0 fully saturated rings. The minimum Gasteiger partial charge on any atom is -0.496 e. The van der Waals surface area contributed by atoms with Crippen molar-refractivity contribution in [2.45, 2.75) is 25.3 Å². The fourth-order valence-electron chi connectivity index (χ4n) is 2.12. The van der Waals surface area contributed by atoms with Crippen LogP contribution in [0.3, 0.4) is 0 Å². The molecule has 0 heterocycles. The first kappa shape index (κ1) is 15.5. The molecular formula is C16H19NO3S. The average Bonchev–Trinajstić information content (AvgIpc) is 2.50. The molecule has 0 bridgehead atoms. The van der Waals surface area contributed by atoms with E-state index in [1.807, 2.05) is 26.0 Å². The topological polar surface area (TPSA) is 55.4 Å². The Morgan fingerprint density at radius 1 is 1.00 bits per heavy atom. The summed E-state index contributed by atoms with van der Waals surface area (Å²) >= 11 is 0. The van der Waals surface area contributed by atoms with Gasteiger partial charge in [-0.1, -0.05) is 24.3 Å². The molecule has 0 radical (unpaired) electrons. The van der Waals surface area contributed by atoms with Gasteiger partial charge < -0.3 is 4.74 Å². The van der Waals surface area contributed by atoms with Gasteiger partial charge in [0.25, 0.3) is 0 Å². The predicted molar refractivity (Wildman–Crippen MR) is 82.9 cm³/mol. The second-order valence-electron chi connectivity index (χ2n) is 4.81. The Morgan fingerprint density at radius 3 is 2.29 bits per heavy atom. The molecule has 0 aliphatic rings. The lowest BCUT2D eigenvalue weighted by Gasteiger charge is -2.13. The van der Waals surface area contributed by atoms with Crippen LogP contribution in [0.15, 0.2) is 47.4 Å². The van der Waals surface area contributed by atoms with Crippen molar-refractivity contribution in [3.05, 3.63) is 59.2 Å². The number of hydrogen-bond donors (Lipinski definition) is 1. The van der Waals surface area contributed by atoms with E-state index < -0.39 is 10.0 Å². The molecular weight excluding hydrogens is 286 g/mol. The van der Waals surface area contributed by atoms with Crippen molar-refractivity contribution < 1.29 is 13.2 Å². The molecule has 0 amide bonds. The molecule has 1 N–H and O–H groups in total. The average molecular weight is 305 g/mol. The molecule has 0 aliphatic heterocycles. The number of hydrogen-bond acceptors (Lipinski definition) is 3. The highest BCUT2D eigenvalue weighted by atomic mass is 32.2. The van der Waals surface area contributed by atoms with Gasteiger partial charge in [-0.05, 0) is 48.7 Å². The highest BCUT2D eigenvalue weighted by molar-refractivity contribution is 7.89. The molecule has 2 aromatic rings. The smallest absolute Gasteiger partial charge is 0.240 e. The van der Waals surface area contributed by atoms with Crippen LogP contribution in [0.5, 0.6) is 5.75 Å². The monoisotopic (exact) mass is 305 g/mol. The molecule has 21 heavy (non-hydrogen) atoms. The maximum absolute atomic E-state index is 12.2. The van der Waals surface area contributed by atoms with Crippen LogP contribution in [0.1, 0.15) is 16.7 Å². The molecule has 4 nitrogen and oxygen atoms in total. The minimum atomic E-state index is -3.49. The van der Waals surface area contributed by atoms with Crippen LogP contribution in [0.4, 0.5) is 0 Å². The van der Waals surface area contributed by atoms with Gasteiger partial charge in [-0.25, -0.2) is 13.1 Å². The van der Waals surface area contributed by atoms with Crippen LogP contribution in [0.25, 0.3) is 0 Å². The summed E-state index contributed by atoms with van der Waals surface area (Å²) in [5.74, 6) is 0.808. The zero-order valence-corrected chi connectivity index (χ0v) is 13.2. The second-order valence-corrected chi connectivity index (χ2v) is 6.58. The lowest BCUT2D eigenvalue weighted by Crippen LogP contribution is -2.23. The van der Waals surface area contributed by atoms with Gasteiger partial charge in [0.05, 0.1) is 12.0 Å². The Bertz CT molecular complexity index is 725. The van der Waals surface area contributed by atoms with Crippen LogP contribution >= 0.6 is 0 Å². The summed E-state index contributed by atoms with van der Waals surface area (Å²) in [6.07, 6.45) is 0. The SMILES string of the molecule is COc1ccc(CNS(=O)(=O)c2ccccc2)c(C)c1C. The van der Waals surface area contributed by atoms with Gasteiger partial charge in [0.2, 0.25) is 10.0 Å². The van der Waals surface area contributed by atoms with Gasteiger partial charge in [0.1, 0.15) is 5.75 Å². The van der Waals surface area contributed by atoms with E-state index in [1.54, 1.807) is 37.4 Å². The molecule has 0 aliphatic carbocycles. The first-order valence-corrected chi connectivity index (χ1v) is 8.12. The van der Waals surface area contributed by atoms with E-state index in [-0.39, 0.29) is 11.4 Å². The molecule has 0 atom stereocenters. The molecule has 0 spiro atoms. The lowest BCUT2D eigenvalue weighted by atomic mass is 10.0. The second kappa shape index (κ2) is 6.28. The fraction of sp³-hybridized carbons (Fsp3) is 0.250. The van der Waals surface area contributed by atoms with Crippen LogP contribution < -0.4 is 9.46 Å². The first-order chi connectivity index (χ1) is 9.95. The summed E-state index contributed by atoms with van der Waals surface area (Å²) in [4.78, 5) is 0.271. The maximum atomic E-state index is 12.2. The van der Waals surface area contributed by atoms with Crippen molar-refractivity contribution in [2.75, 3.05) is 7.11 Å². The molecule has 112 valence electrons. The molecule has 5 heteroatoms. The van der Waals surface area contributed by atoms with Crippen LogP contribution in [0, 0.1) is 13.8 Å². The van der Waals surface area contributed by atoms with E-state index >= 15 is 0 Å². The van der Waals surface area contributed by atoms with Crippen molar-refractivity contribution in [3.8, 4) is 5.75 Å². The summed E-state index contributed by atoms with van der Waals surface area (Å²) in [6.45, 7) is 4.18. The highest BCUT2D eigenvalue weighted by Gasteiger charge is 2.14. The number of ether oxygens (including phenoxy) is 1. The standard InChI is InChI=1S/C16H19NO3S/c1-12-13(2)16(20-3)10-9-14(12)11-17-21(18,19)15-7-5-4-6-8-15/h4-10,17H,11H2,1-3H3. The summed E-state index contributed by atoms with van der Waals surface area (Å²) < 4.78 is 32.3. The Balaban J connectivity index is 2.19. The van der Waals surface area contributed by atoms with E-state index in [4.69, 9.17) is 4.74 Å². The quantitative estimate of drug-likeness (QED) is 0.924. The minimum absolute atomic E-state index is 0.258. The summed E-state index contributed by atoms with van der Waals surface area (Å²) in [6, 6.07) is 12.1. The molecule has 0 saturated heterocycles. The number of methoxy groups -OCH3 is 1. The van der Waals surface area contributed by atoms with Crippen molar-refractivity contribution >= 4 is 10.0 Å². The zero-order valence-electron chi connectivity index (χ0n) is 12.4. The number of benzene rings is 2. The number of nitrogens with one attached hydrogen (secondary N) is 1. The summed E-state index contributed by atoms with van der Waals surface area (Å²) in [7, 11) is -1.86. The van der Waals surface area contributed by atoms with Gasteiger partial charge in [-0.3, -0.25) is 0 Å². The third kappa shape index (κ3) is 3.43. The third-order valence-electron chi connectivity index (χ3n) is 3.58. The van der Waals surface area contributed by atoms with Gasteiger partial charge in [0, 0.05) is 6.54 Å². The van der Waals surface area contributed by atoms with E-state index in [0.717, 1.165) is 22.4 Å². The van der Waals surface area contributed by atoms with Crippen molar-refractivity contribution in [3.63, 3.8) is 0 Å². The van der Waals surface area contributed by atoms with E-state index in [0.29, 0.717) is 0 Å². The lowest BCUT2D eigenvalue weighted by molar-refractivity contribution is 0.411. The Labute approximate surface area is 125 Å². The summed E-state index contributed by atoms with van der Waals surface area (Å²) in [5.41, 5.74) is 2.99. The van der Waals surface area contributed by atoms with Crippen LogP contribution in [0.2, 0.25) is 0 Å². The van der Waals surface area contributed by atoms with Gasteiger partial charge in [0.15, 0.2) is 0 Å². The molecule has 0 unspecified atom stereocenters. The Hall–Kier alpha value is -1.85. The van der Waals surface area contributed by atoms with Crippen molar-refractivity contribution in [1.82, 2.24) is 4.72 Å². The van der Waals surface area contributed by atoms with E-state index in [1.165, 1.54) is 0 Å².